The monoisotopic (exact) mass is 406 g/mol. The molecule has 0 saturated carbocycles. The van der Waals surface area contributed by atoms with Crippen molar-refractivity contribution in [3.63, 3.8) is 0 Å². The quantitative estimate of drug-likeness (QED) is 0.779. The van der Waals surface area contributed by atoms with Crippen molar-refractivity contribution < 1.29 is 4.74 Å². The first kappa shape index (κ1) is 14.3. The van der Waals surface area contributed by atoms with Crippen molar-refractivity contribution in [2.75, 3.05) is 18.5 Å². The molecule has 0 bridgehead atoms. The first-order chi connectivity index (χ1) is 9.58. The average Bonchev–Trinajstić information content (AvgIpc) is 2.72. The van der Waals surface area contributed by atoms with E-state index in [-0.39, 0.29) is 0 Å². The lowest BCUT2D eigenvalue weighted by molar-refractivity contribution is 0.0904. The van der Waals surface area contributed by atoms with Crippen LogP contribution in [-0.2, 0) is 11.8 Å². The van der Waals surface area contributed by atoms with Gasteiger partial charge in [0.1, 0.15) is 14.5 Å². The zero-order valence-corrected chi connectivity index (χ0v) is 14.3. The van der Waals surface area contributed by atoms with Crippen molar-refractivity contribution in [3.8, 4) is 0 Å². The fraction of sp³-hybridized carbons (Fsp3) is 0.538. The summed E-state index contributed by atoms with van der Waals surface area (Å²) in [5.74, 6) is 0.753. The van der Waals surface area contributed by atoms with E-state index in [2.05, 4.69) is 38.0 Å². The molecule has 0 aliphatic carbocycles. The van der Waals surface area contributed by atoms with Gasteiger partial charge in [0.25, 0.3) is 0 Å². The van der Waals surface area contributed by atoms with Crippen LogP contribution in [0.3, 0.4) is 0 Å². The topological polar surface area (TPSA) is 52.0 Å². The minimum Gasteiger partial charge on any atom is -0.381 e. The summed E-state index contributed by atoms with van der Waals surface area (Å²) in [6, 6.07) is 0.373. The summed E-state index contributed by atoms with van der Waals surface area (Å²) in [5.41, 5.74) is 1.90. The Morgan fingerprint density at radius 3 is 2.80 bits per heavy atom. The molecule has 20 heavy (non-hydrogen) atoms. The van der Waals surface area contributed by atoms with Crippen LogP contribution in [0.4, 0.5) is 5.82 Å². The second-order valence-electron chi connectivity index (χ2n) is 5.03. The molecule has 1 saturated heterocycles. The fourth-order valence-electron chi connectivity index (χ4n) is 2.58. The van der Waals surface area contributed by atoms with Crippen molar-refractivity contribution in [3.05, 3.63) is 14.4 Å². The predicted molar refractivity (Wildman–Crippen MR) is 88.4 cm³/mol. The van der Waals surface area contributed by atoms with Gasteiger partial charge in [-0.3, -0.25) is 4.68 Å². The lowest BCUT2D eigenvalue weighted by Crippen LogP contribution is -2.28. The number of pyridine rings is 1. The van der Waals surface area contributed by atoms with Gasteiger partial charge < -0.3 is 10.1 Å². The van der Waals surface area contributed by atoms with Crippen LogP contribution < -0.4 is 5.32 Å². The fourth-order valence-corrected chi connectivity index (χ4v) is 3.86. The number of nitrogens with zero attached hydrogens (tertiary/aromatic N) is 3. The van der Waals surface area contributed by atoms with Crippen molar-refractivity contribution in [1.82, 2.24) is 14.8 Å². The van der Waals surface area contributed by atoms with Gasteiger partial charge in [-0.15, -0.1) is 0 Å². The van der Waals surface area contributed by atoms with Gasteiger partial charge in [0, 0.05) is 26.3 Å². The number of hydrogen-bond donors (Lipinski definition) is 1. The molecule has 1 N–H and O–H groups in total. The summed E-state index contributed by atoms with van der Waals surface area (Å²) in [4.78, 5) is 4.63. The third-order valence-corrected chi connectivity index (χ3v) is 4.74. The van der Waals surface area contributed by atoms with Gasteiger partial charge in [0.15, 0.2) is 0 Å². The zero-order chi connectivity index (χ0) is 14.3. The summed E-state index contributed by atoms with van der Waals surface area (Å²) in [5, 5.41) is 9.57. The van der Waals surface area contributed by atoms with E-state index >= 15 is 0 Å². The van der Waals surface area contributed by atoms with Gasteiger partial charge in [-0.05, 0) is 42.4 Å². The number of rotatable bonds is 2. The number of hydrogen-bond acceptors (Lipinski definition) is 4. The van der Waals surface area contributed by atoms with Crippen LogP contribution in [0.1, 0.15) is 18.5 Å². The van der Waals surface area contributed by atoms with Gasteiger partial charge in [-0.25, -0.2) is 4.98 Å². The Morgan fingerprint density at radius 2 is 2.10 bits per heavy atom. The molecule has 0 unspecified atom stereocenters. The highest BCUT2D eigenvalue weighted by Crippen LogP contribution is 2.34. The first-order valence-electron chi connectivity index (χ1n) is 6.60. The molecule has 0 atom stereocenters. The minimum atomic E-state index is 0.373. The molecule has 2 aromatic heterocycles. The van der Waals surface area contributed by atoms with E-state index in [1.165, 1.54) is 0 Å². The molecule has 1 aliphatic heterocycles. The molecule has 108 valence electrons. The van der Waals surface area contributed by atoms with Gasteiger partial charge in [-0.2, -0.15) is 5.10 Å². The van der Waals surface area contributed by atoms with Gasteiger partial charge in [-0.1, -0.05) is 11.6 Å². The second-order valence-corrected chi connectivity index (χ2v) is 6.43. The predicted octanol–water partition coefficient (Wildman–Crippen LogP) is 3.13. The molecule has 2 aromatic rings. The molecule has 0 aromatic carbocycles. The standard InChI is InChI=1S/C13H16ClIN4O/c1-7-9-11(19(2)18-12(9)15)10(14)13(16-7)17-8-3-5-20-6-4-8/h8H,3-6H2,1-2H3,(H,16,17). The SMILES string of the molecule is Cc1nc(NC2CCOCC2)c(Cl)c2c1c(I)nn2C. The largest absolute Gasteiger partial charge is 0.381 e. The summed E-state index contributed by atoms with van der Waals surface area (Å²) < 4.78 is 8.13. The lowest BCUT2D eigenvalue weighted by Gasteiger charge is -2.24. The molecular formula is C13H16ClIN4O. The number of aromatic nitrogens is 3. The van der Waals surface area contributed by atoms with Crippen molar-refractivity contribution >= 4 is 50.9 Å². The van der Waals surface area contributed by atoms with Crippen LogP contribution in [0.5, 0.6) is 0 Å². The molecule has 1 fully saturated rings. The minimum absolute atomic E-state index is 0.373. The molecule has 7 heteroatoms. The van der Waals surface area contributed by atoms with Crippen LogP contribution in [0.25, 0.3) is 10.9 Å². The maximum atomic E-state index is 6.53. The highest BCUT2D eigenvalue weighted by atomic mass is 127. The van der Waals surface area contributed by atoms with Crippen molar-refractivity contribution in [1.29, 1.82) is 0 Å². The Balaban J connectivity index is 2.03. The van der Waals surface area contributed by atoms with Gasteiger partial charge >= 0.3 is 0 Å². The summed E-state index contributed by atoms with van der Waals surface area (Å²) >= 11 is 8.75. The number of nitrogens with one attached hydrogen (secondary N) is 1. The first-order valence-corrected chi connectivity index (χ1v) is 8.06. The van der Waals surface area contributed by atoms with E-state index in [0.717, 1.165) is 52.2 Å². The molecule has 0 spiro atoms. The Kier molecular flexibility index (Phi) is 4.05. The summed E-state index contributed by atoms with van der Waals surface area (Å²) in [7, 11) is 1.91. The normalized spacial score (nSPS) is 16.8. The van der Waals surface area contributed by atoms with Crippen LogP contribution in [-0.4, -0.2) is 34.0 Å². The number of anilines is 1. The third-order valence-electron chi connectivity index (χ3n) is 3.62. The van der Waals surface area contributed by atoms with Crippen LogP contribution in [0.2, 0.25) is 5.02 Å². The lowest BCUT2D eigenvalue weighted by atomic mass is 10.1. The molecule has 1 aliphatic rings. The maximum absolute atomic E-state index is 6.53. The Morgan fingerprint density at radius 1 is 1.40 bits per heavy atom. The van der Waals surface area contributed by atoms with Crippen molar-refractivity contribution in [2.45, 2.75) is 25.8 Å². The van der Waals surface area contributed by atoms with E-state index in [1.54, 1.807) is 0 Å². The summed E-state index contributed by atoms with van der Waals surface area (Å²) in [6.07, 6.45) is 1.97. The molecular weight excluding hydrogens is 391 g/mol. The average molecular weight is 407 g/mol. The van der Waals surface area contributed by atoms with Crippen LogP contribution in [0.15, 0.2) is 0 Å². The highest BCUT2D eigenvalue weighted by Gasteiger charge is 2.20. The van der Waals surface area contributed by atoms with E-state index in [4.69, 9.17) is 16.3 Å². The molecule has 3 rings (SSSR count). The summed E-state index contributed by atoms with van der Waals surface area (Å²) in [6.45, 7) is 3.58. The number of ether oxygens (including phenoxy) is 1. The van der Waals surface area contributed by atoms with Crippen molar-refractivity contribution in [2.24, 2.45) is 7.05 Å². The Hall–Kier alpha value is -0.600. The highest BCUT2D eigenvalue weighted by molar-refractivity contribution is 14.1. The van der Waals surface area contributed by atoms with Gasteiger partial charge in [0.2, 0.25) is 0 Å². The maximum Gasteiger partial charge on any atom is 0.147 e. The van der Waals surface area contributed by atoms with Crippen LogP contribution >= 0.6 is 34.2 Å². The molecule has 5 nitrogen and oxygen atoms in total. The molecule has 0 radical (unpaired) electrons. The van der Waals surface area contributed by atoms with Gasteiger partial charge in [0.05, 0.1) is 16.6 Å². The zero-order valence-electron chi connectivity index (χ0n) is 11.4. The Labute approximate surface area is 136 Å². The van der Waals surface area contributed by atoms with E-state index < -0.39 is 0 Å². The van der Waals surface area contributed by atoms with Crippen LogP contribution in [0, 0.1) is 10.6 Å². The Bertz CT molecular complexity index is 652. The number of aryl methyl sites for hydroxylation is 2. The van der Waals surface area contributed by atoms with E-state index in [9.17, 15) is 0 Å². The number of fused-ring (bicyclic) bond motifs is 1. The third kappa shape index (κ3) is 2.48. The smallest absolute Gasteiger partial charge is 0.147 e. The molecule has 0 amide bonds. The van der Waals surface area contributed by atoms with E-state index in [0.29, 0.717) is 11.1 Å². The number of halogens is 2. The van der Waals surface area contributed by atoms with E-state index in [1.807, 2.05) is 18.7 Å². The second kappa shape index (κ2) is 5.65. The molecule has 3 heterocycles.